The fourth-order valence-corrected chi connectivity index (χ4v) is 5.56. The smallest absolute Gasteiger partial charge is 0.396 e. The zero-order valence-corrected chi connectivity index (χ0v) is 22.4. The molecule has 0 unspecified atom stereocenters. The van der Waals surface area contributed by atoms with Crippen LogP contribution in [0.15, 0.2) is 121 Å². The Bertz CT molecular complexity index is 1140. The van der Waals surface area contributed by atoms with Crippen molar-refractivity contribution in [2.45, 2.75) is 25.0 Å². The summed E-state index contributed by atoms with van der Waals surface area (Å²) in [5.74, 6) is -0.0325. The largest absolute Gasteiger partial charge is 0.641 e. The minimum absolute atomic E-state index is 0.0325. The number of benzene rings is 4. The van der Waals surface area contributed by atoms with Gasteiger partial charge in [-0.2, -0.15) is 0 Å². The SMILES string of the molecule is CC(C)C(CO)(CO)COB1OC(c2ccccc2)(c2ccccc2)C(c2ccccc2)(c2ccccc2)O1. The first-order valence-corrected chi connectivity index (χ1v) is 13.4. The molecule has 1 aliphatic heterocycles. The summed E-state index contributed by atoms with van der Waals surface area (Å²) in [7, 11) is -1.10. The molecule has 0 amide bonds. The summed E-state index contributed by atoms with van der Waals surface area (Å²) >= 11 is 0. The third-order valence-electron chi connectivity index (χ3n) is 8.12. The van der Waals surface area contributed by atoms with Crippen molar-refractivity contribution >= 4 is 7.32 Å². The van der Waals surface area contributed by atoms with Crippen molar-refractivity contribution < 1.29 is 24.2 Å². The summed E-state index contributed by atoms with van der Waals surface area (Å²) < 4.78 is 20.3. The third-order valence-corrected chi connectivity index (χ3v) is 8.12. The average molecular weight is 522 g/mol. The van der Waals surface area contributed by atoms with Crippen molar-refractivity contribution in [3.05, 3.63) is 144 Å². The molecule has 6 heteroatoms. The predicted molar refractivity (Wildman–Crippen MR) is 153 cm³/mol. The van der Waals surface area contributed by atoms with E-state index in [9.17, 15) is 10.2 Å². The first-order valence-electron chi connectivity index (χ1n) is 13.4. The fraction of sp³-hybridized carbons (Fsp3) is 0.273. The van der Waals surface area contributed by atoms with Crippen LogP contribution in [0.5, 0.6) is 0 Å². The Morgan fingerprint density at radius 3 is 1.18 bits per heavy atom. The van der Waals surface area contributed by atoms with Gasteiger partial charge in [0.1, 0.15) is 11.2 Å². The predicted octanol–water partition coefficient (Wildman–Crippen LogP) is 5.55. The van der Waals surface area contributed by atoms with Gasteiger partial charge in [-0.3, -0.25) is 0 Å². The highest BCUT2D eigenvalue weighted by atomic mass is 16.8. The van der Waals surface area contributed by atoms with Crippen LogP contribution in [0.2, 0.25) is 0 Å². The maximum Gasteiger partial charge on any atom is 0.641 e. The summed E-state index contributed by atoms with van der Waals surface area (Å²) in [5.41, 5.74) is 0.524. The van der Waals surface area contributed by atoms with Crippen molar-refractivity contribution in [3.8, 4) is 0 Å². The molecule has 1 heterocycles. The normalized spacial score (nSPS) is 16.5. The molecular formula is C33H35BO5. The lowest BCUT2D eigenvalue weighted by Gasteiger charge is -2.45. The van der Waals surface area contributed by atoms with E-state index in [2.05, 4.69) is 48.5 Å². The molecule has 1 fully saturated rings. The standard InChI is InChI=1S/C33H35BO5/c1-26(2)31(23-35,24-36)25-37-34-38-32(27-15-7-3-8-16-27,28-17-9-4-10-18-28)33(39-34,29-19-11-5-12-20-29)30-21-13-6-14-22-30/h3-22,26,35-36H,23-25H2,1-2H3. The summed E-state index contributed by atoms with van der Waals surface area (Å²) in [4.78, 5) is 0. The van der Waals surface area contributed by atoms with Crippen LogP contribution in [0.3, 0.4) is 0 Å². The number of hydrogen-bond acceptors (Lipinski definition) is 5. The number of aliphatic hydroxyl groups is 2. The van der Waals surface area contributed by atoms with Crippen molar-refractivity contribution in [2.75, 3.05) is 19.8 Å². The van der Waals surface area contributed by atoms with E-state index >= 15 is 0 Å². The van der Waals surface area contributed by atoms with Crippen LogP contribution in [-0.4, -0.2) is 37.4 Å². The first-order chi connectivity index (χ1) is 19.0. The van der Waals surface area contributed by atoms with E-state index in [1.54, 1.807) is 0 Å². The molecule has 1 aliphatic rings. The number of rotatable bonds is 10. The van der Waals surface area contributed by atoms with Gasteiger partial charge in [-0.25, -0.2) is 0 Å². The van der Waals surface area contributed by atoms with Gasteiger partial charge in [-0.05, 0) is 28.2 Å². The Labute approximate surface area is 231 Å². The van der Waals surface area contributed by atoms with E-state index in [0.717, 1.165) is 22.3 Å². The Morgan fingerprint density at radius 1 is 0.615 bits per heavy atom. The zero-order valence-electron chi connectivity index (χ0n) is 22.4. The molecule has 0 saturated carbocycles. The lowest BCUT2D eigenvalue weighted by molar-refractivity contribution is -0.0340. The molecule has 0 aliphatic carbocycles. The van der Waals surface area contributed by atoms with E-state index in [0.29, 0.717) is 0 Å². The first kappa shape index (κ1) is 27.3. The molecule has 200 valence electrons. The van der Waals surface area contributed by atoms with Gasteiger partial charge in [-0.15, -0.1) is 0 Å². The van der Waals surface area contributed by atoms with E-state index < -0.39 is 23.9 Å². The Kier molecular flexibility index (Phi) is 8.03. The summed E-state index contributed by atoms with van der Waals surface area (Å²) in [6.45, 7) is 3.53. The Balaban J connectivity index is 1.76. The van der Waals surface area contributed by atoms with Crippen LogP contribution in [0.4, 0.5) is 0 Å². The number of aliphatic hydroxyl groups excluding tert-OH is 2. The van der Waals surface area contributed by atoms with Gasteiger partial charge in [0.25, 0.3) is 0 Å². The van der Waals surface area contributed by atoms with Crippen molar-refractivity contribution in [2.24, 2.45) is 11.3 Å². The van der Waals surface area contributed by atoms with Crippen LogP contribution < -0.4 is 0 Å². The summed E-state index contributed by atoms with van der Waals surface area (Å²) in [6.07, 6.45) is 0. The lowest BCUT2D eigenvalue weighted by atomic mass is 9.66. The van der Waals surface area contributed by atoms with Crippen LogP contribution in [0.1, 0.15) is 36.1 Å². The van der Waals surface area contributed by atoms with E-state index in [1.807, 2.05) is 86.6 Å². The summed E-state index contributed by atoms with van der Waals surface area (Å²) in [5, 5.41) is 20.4. The maximum absolute atomic E-state index is 10.2. The summed E-state index contributed by atoms with van der Waals surface area (Å²) in [6, 6.07) is 40.4. The van der Waals surface area contributed by atoms with Crippen molar-refractivity contribution in [1.82, 2.24) is 0 Å². The minimum atomic E-state index is -1.14. The van der Waals surface area contributed by atoms with Gasteiger partial charge in [0.05, 0.1) is 13.2 Å². The molecule has 0 spiro atoms. The molecule has 0 radical (unpaired) electrons. The highest BCUT2D eigenvalue weighted by molar-refractivity contribution is 6.38. The monoisotopic (exact) mass is 522 g/mol. The van der Waals surface area contributed by atoms with Gasteiger partial charge in [-0.1, -0.05) is 135 Å². The topological polar surface area (TPSA) is 68.2 Å². The van der Waals surface area contributed by atoms with Gasteiger partial charge in [0.2, 0.25) is 0 Å². The second-order valence-corrected chi connectivity index (χ2v) is 10.5. The zero-order chi connectivity index (χ0) is 27.3. The lowest BCUT2D eigenvalue weighted by Crippen LogP contribution is -2.48. The van der Waals surface area contributed by atoms with E-state index in [-0.39, 0.29) is 25.7 Å². The van der Waals surface area contributed by atoms with Gasteiger partial charge in [0.15, 0.2) is 0 Å². The molecule has 1 saturated heterocycles. The quantitative estimate of drug-likeness (QED) is 0.268. The number of hydrogen-bond donors (Lipinski definition) is 2. The second-order valence-electron chi connectivity index (χ2n) is 10.5. The molecular weight excluding hydrogens is 487 g/mol. The van der Waals surface area contributed by atoms with Crippen molar-refractivity contribution in [1.29, 1.82) is 0 Å². The molecule has 5 nitrogen and oxygen atoms in total. The highest BCUT2D eigenvalue weighted by Gasteiger charge is 2.67. The second kappa shape index (κ2) is 11.5. The van der Waals surface area contributed by atoms with Crippen LogP contribution in [0, 0.1) is 11.3 Å². The molecule has 0 aromatic heterocycles. The van der Waals surface area contributed by atoms with Gasteiger partial charge < -0.3 is 24.2 Å². The molecule has 0 bridgehead atoms. The molecule has 0 atom stereocenters. The average Bonchev–Trinajstić information content (AvgIpc) is 3.37. The molecule has 5 rings (SSSR count). The van der Waals surface area contributed by atoms with E-state index in [1.165, 1.54) is 0 Å². The molecule has 4 aromatic carbocycles. The molecule has 39 heavy (non-hydrogen) atoms. The van der Waals surface area contributed by atoms with E-state index in [4.69, 9.17) is 14.0 Å². The highest BCUT2D eigenvalue weighted by Crippen LogP contribution is 2.59. The van der Waals surface area contributed by atoms with Crippen molar-refractivity contribution in [3.63, 3.8) is 0 Å². The van der Waals surface area contributed by atoms with Crippen LogP contribution >= 0.6 is 0 Å². The fourth-order valence-electron chi connectivity index (χ4n) is 5.56. The third kappa shape index (κ3) is 4.63. The van der Waals surface area contributed by atoms with Crippen LogP contribution in [-0.2, 0) is 25.2 Å². The van der Waals surface area contributed by atoms with Gasteiger partial charge in [0, 0.05) is 12.0 Å². The Morgan fingerprint density at radius 2 is 0.923 bits per heavy atom. The van der Waals surface area contributed by atoms with Gasteiger partial charge >= 0.3 is 7.32 Å². The maximum atomic E-state index is 10.2. The van der Waals surface area contributed by atoms with Crippen LogP contribution in [0.25, 0.3) is 0 Å². The molecule has 4 aromatic rings. The Hall–Kier alpha value is -3.26. The minimum Gasteiger partial charge on any atom is -0.396 e. The molecule has 2 N–H and O–H groups in total.